The Morgan fingerprint density at radius 3 is 2.59 bits per heavy atom. The van der Waals surface area contributed by atoms with Gasteiger partial charge in [-0.25, -0.2) is 9.59 Å². The van der Waals surface area contributed by atoms with Gasteiger partial charge >= 0.3 is 11.9 Å². The highest BCUT2D eigenvalue weighted by Crippen LogP contribution is 2.31. The highest BCUT2D eigenvalue weighted by molar-refractivity contribution is 6.28. The van der Waals surface area contributed by atoms with Crippen LogP contribution in [0.4, 0.5) is 0 Å². The highest BCUT2D eigenvalue weighted by atomic mass is 16.6. The lowest BCUT2D eigenvalue weighted by Crippen LogP contribution is -2.34. The third kappa shape index (κ3) is 4.18. The predicted molar refractivity (Wildman–Crippen MR) is 82.3 cm³/mol. The second kappa shape index (κ2) is 7.75. The zero-order valence-electron chi connectivity index (χ0n) is 12.7. The van der Waals surface area contributed by atoms with Crippen LogP contribution in [0, 0.1) is 0 Å². The van der Waals surface area contributed by atoms with Gasteiger partial charge in [-0.2, -0.15) is 0 Å². The number of hydrogen-bond donors (Lipinski definition) is 1. The molecule has 1 aromatic carbocycles. The van der Waals surface area contributed by atoms with Crippen molar-refractivity contribution in [3.63, 3.8) is 0 Å². The van der Waals surface area contributed by atoms with Crippen molar-refractivity contribution in [3.05, 3.63) is 47.5 Å². The average molecular weight is 303 g/mol. The monoisotopic (exact) mass is 303 g/mol. The maximum absolute atomic E-state index is 10.9. The summed E-state index contributed by atoms with van der Waals surface area (Å²) in [6.45, 7) is 3.64. The minimum atomic E-state index is -1.55. The van der Waals surface area contributed by atoms with E-state index >= 15 is 0 Å². The largest absolute Gasteiger partial charge is 0.473 e. The summed E-state index contributed by atoms with van der Waals surface area (Å²) in [4.78, 5) is 23.2. The molecule has 0 bridgehead atoms. The first-order chi connectivity index (χ1) is 10.6. The Morgan fingerprint density at radius 1 is 1.32 bits per heavy atom. The number of aliphatic carboxylic acids is 1. The molecule has 1 aliphatic rings. The first kappa shape index (κ1) is 16.2. The van der Waals surface area contributed by atoms with E-state index in [-0.39, 0.29) is 6.73 Å². The maximum atomic E-state index is 10.9. The molecule has 0 aromatic heterocycles. The molecule has 2 rings (SSSR count). The van der Waals surface area contributed by atoms with E-state index in [1.165, 1.54) is 11.1 Å². The summed E-state index contributed by atoms with van der Waals surface area (Å²) in [5, 5.41) is 8.48. The number of carbonyl (C=O) groups excluding carboxylic acids is 1. The molecule has 118 valence electrons. The molecule has 0 aliphatic carbocycles. The predicted octanol–water partition coefficient (Wildman–Crippen LogP) is 2.40. The lowest BCUT2D eigenvalue weighted by molar-refractivity contribution is -0.166. The van der Waals surface area contributed by atoms with Crippen LogP contribution in [0.1, 0.15) is 31.2 Å². The SMILES string of the molecule is CCC(C1=CCN(COC(=O)C(=O)O)CC1)c1ccccc1. The number of nitrogens with zero attached hydrogens (tertiary/aromatic N) is 1. The van der Waals surface area contributed by atoms with Crippen molar-refractivity contribution in [2.45, 2.75) is 25.7 Å². The van der Waals surface area contributed by atoms with Crippen LogP contribution in [-0.4, -0.2) is 41.8 Å². The molecular weight excluding hydrogens is 282 g/mol. The summed E-state index contributed by atoms with van der Waals surface area (Å²) in [5.74, 6) is -2.33. The number of carboxylic acids is 1. The van der Waals surface area contributed by atoms with Gasteiger partial charge in [0.05, 0.1) is 0 Å². The number of carboxylic acid groups (broad SMARTS) is 1. The number of hydrogen-bond acceptors (Lipinski definition) is 4. The van der Waals surface area contributed by atoms with E-state index in [2.05, 4.69) is 37.3 Å². The molecule has 1 N–H and O–H groups in total. The fourth-order valence-corrected chi connectivity index (χ4v) is 2.77. The van der Waals surface area contributed by atoms with Crippen LogP contribution in [0.2, 0.25) is 0 Å². The van der Waals surface area contributed by atoms with E-state index < -0.39 is 11.9 Å². The van der Waals surface area contributed by atoms with Crippen molar-refractivity contribution < 1.29 is 19.4 Å². The van der Waals surface area contributed by atoms with Gasteiger partial charge in [0.15, 0.2) is 0 Å². The van der Waals surface area contributed by atoms with Crippen molar-refractivity contribution in [2.75, 3.05) is 19.8 Å². The van der Waals surface area contributed by atoms with Gasteiger partial charge in [-0.15, -0.1) is 0 Å². The zero-order valence-corrected chi connectivity index (χ0v) is 12.7. The molecule has 0 fully saturated rings. The summed E-state index contributed by atoms with van der Waals surface area (Å²) in [6, 6.07) is 10.4. The van der Waals surface area contributed by atoms with Gasteiger partial charge in [0.25, 0.3) is 0 Å². The van der Waals surface area contributed by atoms with Gasteiger partial charge in [0, 0.05) is 19.0 Å². The summed E-state index contributed by atoms with van der Waals surface area (Å²) in [6.07, 6.45) is 4.11. The van der Waals surface area contributed by atoms with Crippen molar-refractivity contribution in [1.29, 1.82) is 0 Å². The lowest BCUT2D eigenvalue weighted by atomic mass is 9.85. The Balaban J connectivity index is 1.93. The van der Waals surface area contributed by atoms with Crippen molar-refractivity contribution in [1.82, 2.24) is 4.90 Å². The molecule has 0 spiro atoms. The molecular formula is C17H21NO4. The van der Waals surface area contributed by atoms with Crippen LogP contribution < -0.4 is 0 Å². The second-order valence-electron chi connectivity index (χ2n) is 5.34. The van der Waals surface area contributed by atoms with Crippen LogP contribution in [0.5, 0.6) is 0 Å². The first-order valence-electron chi connectivity index (χ1n) is 7.48. The number of rotatable bonds is 5. The number of carbonyl (C=O) groups is 2. The zero-order chi connectivity index (χ0) is 15.9. The van der Waals surface area contributed by atoms with Gasteiger partial charge in [0.1, 0.15) is 6.73 Å². The summed E-state index contributed by atoms with van der Waals surface area (Å²) in [5.41, 5.74) is 2.72. The number of benzene rings is 1. The number of esters is 1. The Morgan fingerprint density at radius 2 is 2.05 bits per heavy atom. The van der Waals surface area contributed by atoms with Gasteiger partial charge in [0.2, 0.25) is 0 Å². The molecule has 5 nitrogen and oxygen atoms in total. The van der Waals surface area contributed by atoms with Crippen LogP contribution in [-0.2, 0) is 14.3 Å². The molecule has 1 atom stereocenters. The van der Waals surface area contributed by atoms with E-state index in [0.29, 0.717) is 12.5 Å². The molecule has 0 saturated heterocycles. The quantitative estimate of drug-likeness (QED) is 0.514. The lowest BCUT2D eigenvalue weighted by Gasteiger charge is -2.29. The Hall–Kier alpha value is -2.14. The normalized spacial score (nSPS) is 16.7. The topological polar surface area (TPSA) is 66.8 Å². The standard InChI is InChI=1S/C17H21NO4/c1-2-15(13-6-4-3-5-7-13)14-8-10-18(11-9-14)12-22-17(21)16(19)20/h3-8,15H,2,9-12H2,1H3,(H,19,20). The van der Waals surface area contributed by atoms with Gasteiger partial charge < -0.3 is 9.84 Å². The molecule has 1 aliphatic heterocycles. The van der Waals surface area contributed by atoms with E-state index in [1.54, 1.807) is 0 Å². The maximum Gasteiger partial charge on any atom is 0.418 e. The summed E-state index contributed by atoms with van der Waals surface area (Å²) < 4.78 is 4.71. The molecule has 0 amide bonds. The van der Waals surface area contributed by atoms with E-state index in [4.69, 9.17) is 9.84 Å². The van der Waals surface area contributed by atoms with Crippen LogP contribution in [0.3, 0.4) is 0 Å². The van der Waals surface area contributed by atoms with Crippen LogP contribution in [0.25, 0.3) is 0 Å². The molecule has 22 heavy (non-hydrogen) atoms. The molecule has 0 saturated carbocycles. The van der Waals surface area contributed by atoms with Crippen molar-refractivity contribution >= 4 is 11.9 Å². The molecule has 1 aromatic rings. The van der Waals surface area contributed by atoms with Crippen molar-refractivity contribution in [3.8, 4) is 0 Å². The molecule has 0 radical (unpaired) electrons. The Labute approximate surface area is 130 Å². The van der Waals surface area contributed by atoms with Gasteiger partial charge in [-0.3, -0.25) is 4.90 Å². The fourth-order valence-electron chi connectivity index (χ4n) is 2.77. The summed E-state index contributed by atoms with van der Waals surface area (Å²) >= 11 is 0. The van der Waals surface area contributed by atoms with E-state index in [1.807, 2.05) is 11.0 Å². The molecule has 1 unspecified atom stereocenters. The smallest absolute Gasteiger partial charge is 0.418 e. The molecule has 5 heteroatoms. The van der Waals surface area contributed by atoms with Crippen LogP contribution >= 0.6 is 0 Å². The first-order valence-corrected chi connectivity index (χ1v) is 7.48. The van der Waals surface area contributed by atoms with Gasteiger partial charge in [-0.1, -0.05) is 48.9 Å². The third-order valence-electron chi connectivity index (χ3n) is 3.94. The highest BCUT2D eigenvalue weighted by Gasteiger charge is 2.21. The van der Waals surface area contributed by atoms with E-state index in [0.717, 1.165) is 19.4 Å². The van der Waals surface area contributed by atoms with Gasteiger partial charge in [-0.05, 0) is 18.4 Å². The molecule has 1 heterocycles. The second-order valence-corrected chi connectivity index (χ2v) is 5.34. The number of ether oxygens (including phenoxy) is 1. The minimum absolute atomic E-state index is 0.0248. The average Bonchev–Trinajstić information content (AvgIpc) is 2.55. The van der Waals surface area contributed by atoms with E-state index in [9.17, 15) is 9.59 Å². The Kier molecular flexibility index (Phi) is 5.72. The Bertz CT molecular complexity index is 553. The fraction of sp³-hybridized carbons (Fsp3) is 0.412. The van der Waals surface area contributed by atoms with Crippen LogP contribution in [0.15, 0.2) is 42.0 Å². The summed E-state index contributed by atoms with van der Waals surface area (Å²) in [7, 11) is 0. The minimum Gasteiger partial charge on any atom is -0.473 e. The van der Waals surface area contributed by atoms with Crippen molar-refractivity contribution in [2.24, 2.45) is 0 Å². The third-order valence-corrected chi connectivity index (χ3v) is 3.94.